The van der Waals surface area contributed by atoms with Crippen molar-refractivity contribution >= 4 is 17.6 Å². The predicted molar refractivity (Wildman–Crippen MR) is 103 cm³/mol. The largest absolute Gasteiger partial charge is 0.342 e. The Balaban J connectivity index is 1.37. The van der Waals surface area contributed by atoms with E-state index in [1.807, 2.05) is 28.0 Å². The highest BCUT2D eigenvalue weighted by Crippen LogP contribution is 2.11. The van der Waals surface area contributed by atoms with Gasteiger partial charge in [-0.1, -0.05) is 30.3 Å². The van der Waals surface area contributed by atoms with Crippen molar-refractivity contribution in [3.8, 4) is 0 Å². The van der Waals surface area contributed by atoms with Gasteiger partial charge in [0.1, 0.15) is 0 Å². The number of benzene rings is 1. The minimum atomic E-state index is 0.00899. The number of piperazine rings is 1. The molecule has 0 aromatic heterocycles. The van der Waals surface area contributed by atoms with Crippen LogP contribution in [0.1, 0.15) is 42.5 Å². The molecular formula is C21H29N3O3. The molecule has 0 saturated carbocycles. The molecule has 2 heterocycles. The summed E-state index contributed by atoms with van der Waals surface area (Å²) in [4.78, 5) is 42.8. The van der Waals surface area contributed by atoms with Gasteiger partial charge in [0.15, 0.2) is 5.78 Å². The quantitative estimate of drug-likeness (QED) is 0.716. The SMILES string of the molecule is O=C(CCC(=O)N1CCN(CC(=O)N2CCCCC2)CC1)c1ccccc1. The molecule has 0 unspecified atom stereocenters. The maximum absolute atomic E-state index is 12.4. The molecule has 6 nitrogen and oxygen atoms in total. The van der Waals surface area contributed by atoms with E-state index in [0.717, 1.165) is 39.0 Å². The molecule has 3 rings (SSSR count). The molecule has 1 aromatic carbocycles. The van der Waals surface area contributed by atoms with Gasteiger partial charge in [0.2, 0.25) is 11.8 Å². The molecule has 146 valence electrons. The highest BCUT2D eigenvalue weighted by atomic mass is 16.2. The summed E-state index contributed by atoms with van der Waals surface area (Å²) < 4.78 is 0. The monoisotopic (exact) mass is 371 g/mol. The van der Waals surface area contributed by atoms with Crippen molar-refractivity contribution in [2.24, 2.45) is 0 Å². The van der Waals surface area contributed by atoms with Crippen molar-refractivity contribution in [1.29, 1.82) is 0 Å². The molecule has 2 fully saturated rings. The van der Waals surface area contributed by atoms with E-state index in [2.05, 4.69) is 4.90 Å². The number of likely N-dealkylation sites (tertiary alicyclic amines) is 1. The number of hydrogen-bond donors (Lipinski definition) is 0. The number of hydrogen-bond acceptors (Lipinski definition) is 4. The number of nitrogens with zero attached hydrogens (tertiary/aromatic N) is 3. The van der Waals surface area contributed by atoms with Gasteiger partial charge in [0, 0.05) is 57.7 Å². The Hall–Kier alpha value is -2.21. The fraction of sp³-hybridized carbons (Fsp3) is 0.571. The van der Waals surface area contributed by atoms with Crippen LogP contribution in [0.5, 0.6) is 0 Å². The summed E-state index contributed by atoms with van der Waals surface area (Å²) in [5, 5.41) is 0. The zero-order chi connectivity index (χ0) is 19.1. The van der Waals surface area contributed by atoms with Crippen molar-refractivity contribution in [1.82, 2.24) is 14.7 Å². The third-order valence-electron chi connectivity index (χ3n) is 5.45. The van der Waals surface area contributed by atoms with E-state index in [1.165, 1.54) is 6.42 Å². The first kappa shape index (κ1) is 19.5. The molecule has 2 aliphatic rings. The van der Waals surface area contributed by atoms with Crippen LogP contribution >= 0.6 is 0 Å². The molecule has 1 aromatic rings. The summed E-state index contributed by atoms with van der Waals surface area (Å²) in [6.45, 7) is 4.92. The Bertz CT molecular complexity index is 648. The second-order valence-corrected chi connectivity index (χ2v) is 7.39. The predicted octanol–water partition coefficient (Wildman–Crippen LogP) is 1.81. The summed E-state index contributed by atoms with van der Waals surface area (Å²) in [5.74, 6) is 0.249. The van der Waals surface area contributed by atoms with Crippen molar-refractivity contribution in [3.05, 3.63) is 35.9 Å². The summed E-state index contributed by atoms with van der Waals surface area (Å²) in [6, 6.07) is 9.10. The van der Waals surface area contributed by atoms with Gasteiger partial charge >= 0.3 is 0 Å². The van der Waals surface area contributed by atoms with Gasteiger partial charge in [-0.05, 0) is 19.3 Å². The fourth-order valence-corrected chi connectivity index (χ4v) is 3.74. The first-order valence-corrected chi connectivity index (χ1v) is 9.99. The molecule has 27 heavy (non-hydrogen) atoms. The normalized spacial score (nSPS) is 18.4. The van der Waals surface area contributed by atoms with Crippen LogP contribution in [-0.2, 0) is 9.59 Å². The Morgan fingerprint density at radius 3 is 2.00 bits per heavy atom. The van der Waals surface area contributed by atoms with Crippen LogP contribution in [0.2, 0.25) is 0 Å². The zero-order valence-electron chi connectivity index (χ0n) is 15.9. The molecule has 0 aliphatic carbocycles. The van der Waals surface area contributed by atoms with E-state index in [4.69, 9.17) is 0 Å². The Labute approximate surface area is 161 Å². The van der Waals surface area contributed by atoms with Gasteiger partial charge in [0.25, 0.3) is 0 Å². The third kappa shape index (κ3) is 5.63. The second kappa shape index (κ2) is 9.65. The molecule has 0 atom stereocenters. The van der Waals surface area contributed by atoms with E-state index < -0.39 is 0 Å². The van der Waals surface area contributed by atoms with Gasteiger partial charge in [-0.15, -0.1) is 0 Å². The smallest absolute Gasteiger partial charge is 0.236 e. The van der Waals surface area contributed by atoms with E-state index in [0.29, 0.717) is 25.2 Å². The minimum Gasteiger partial charge on any atom is -0.342 e. The maximum atomic E-state index is 12.4. The molecule has 6 heteroatoms. The van der Waals surface area contributed by atoms with Crippen LogP contribution < -0.4 is 0 Å². The highest BCUT2D eigenvalue weighted by molar-refractivity contribution is 5.97. The molecule has 2 amide bonds. The molecule has 0 radical (unpaired) electrons. The summed E-state index contributed by atoms with van der Waals surface area (Å²) in [5.41, 5.74) is 0.659. The Kier molecular flexibility index (Phi) is 6.98. The molecule has 2 saturated heterocycles. The Morgan fingerprint density at radius 2 is 1.33 bits per heavy atom. The van der Waals surface area contributed by atoms with Crippen LogP contribution in [0.4, 0.5) is 0 Å². The van der Waals surface area contributed by atoms with Crippen LogP contribution in [0.3, 0.4) is 0 Å². The van der Waals surface area contributed by atoms with E-state index in [1.54, 1.807) is 12.1 Å². The van der Waals surface area contributed by atoms with Crippen LogP contribution in [0, 0.1) is 0 Å². The Morgan fingerprint density at radius 1 is 0.704 bits per heavy atom. The van der Waals surface area contributed by atoms with Crippen molar-refractivity contribution in [2.75, 3.05) is 45.8 Å². The number of piperidine rings is 1. The van der Waals surface area contributed by atoms with Crippen LogP contribution in [0.15, 0.2) is 30.3 Å². The molecular weight excluding hydrogens is 342 g/mol. The lowest BCUT2D eigenvalue weighted by molar-refractivity contribution is -0.135. The number of carbonyl (C=O) groups excluding carboxylic acids is 3. The van der Waals surface area contributed by atoms with Crippen molar-refractivity contribution in [2.45, 2.75) is 32.1 Å². The number of amides is 2. The van der Waals surface area contributed by atoms with E-state index in [9.17, 15) is 14.4 Å². The van der Waals surface area contributed by atoms with E-state index in [-0.39, 0.29) is 30.4 Å². The number of rotatable bonds is 6. The molecule has 0 spiro atoms. The van der Waals surface area contributed by atoms with Crippen LogP contribution in [-0.4, -0.2) is 78.1 Å². The first-order chi connectivity index (χ1) is 13.1. The topological polar surface area (TPSA) is 60.9 Å². The first-order valence-electron chi connectivity index (χ1n) is 9.99. The molecule has 2 aliphatic heterocycles. The standard InChI is InChI=1S/C21H29N3O3/c25-19(18-7-3-1-4-8-18)9-10-20(26)24-15-13-22(14-16-24)17-21(27)23-11-5-2-6-12-23/h1,3-4,7-8H,2,5-6,9-17H2. The lowest BCUT2D eigenvalue weighted by Crippen LogP contribution is -2.52. The second-order valence-electron chi connectivity index (χ2n) is 7.39. The average Bonchev–Trinajstić information content (AvgIpc) is 2.73. The van der Waals surface area contributed by atoms with Gasteiger partial charge in [-0.3, -0.25) is 19.3 Å². The van der Waals surface area contributed by atoms with Gasteiger partial charge < -0.3 is 9.80 Å². The number of carbonyl (C=O) groups is 3. The lowest BCUT2D eigenvalue weighted by atomic mass is 10.1. The summed E-state index contributed by atoms with van der Waals surface area (Å²) >= 11 is 0. The zero-order valence-corrected chi connectivity index (χ0v) is 15.9. The average molecular weight is 371 g/mol. The lowest BCUT2D eigenvalue weighted by Gasteiger charge is -2.36. The highest BCUT2D eigenvalue weighted by Gasteiger charge is 2.25. The van der Waals surface area contributed by atoms with Crippen molar-refractivity contribution < 1.29 is 14.4 Å². The minimum absolute atomic E-state index is 0.00899. The van der Waals surface area contributed by atoms with E-state index >= 15 is 0 Å². The molecule has 0 bridgehead atoms. The fourth-order valence-electron chi connectivity index (χ4n) is 3.74. The van der Waals surface area contributed by atoms with Gasteiger partial charge in [-0.2, -0.15) is 0 Å². The number of ketones is 1. The van der Waals surface area contributed by atoms with Crippen LogP contribution in [0.25, 0.3) is 0 Å². The molecule has 0 N–H and O–H groups in total. The summed E-state index contributed by atoms with van der Waals surface area (Å²) in [6.07, 6.45) is 3.93. The van der Waals surface area contributed by atoms with Gasteiger partial charge in [0.05, 0.1) is 6.54 Å². The maximum Gasteiger partial charge on any atom is 0.236 e. The van der Waals surface area contributed by atoms with Gasteiger partial charge in [-0.25, -0.2) is 0 Å². The summed E-state index contributed by atoms with van der Waals surface area (Å²) in [7, 11) is 0. The van der Waals surface area contributed by atoms with Crippen molar-refractivity contribution in [3.63, 3.8) is 0 Å². The third-order valence-corrected chi connectivity index (χ3v) is 5.45. The number of Topliss-reactive ketones (excluding diaryl/α,β-unsaturated/α-hetero) is 1.